The Morgan fingerprint density at radius 2 is 1.85 bits per heavy atom. The van der Waals surface area contributed by atoms with Gasteiger partial charge in [0.15, 0.2) is 15.0 Å². The molecule has 0 spiro atoms. The number of thioether (sulfide) groups is 1. The summed E-state index contributed by atoms with van der Waals surface area (Å²) in [6.07, 6.45) is 0. The van der Waals surface area contributed by atoms with Gasteiger partial charge in [0.05, 0.1) is 30.7 Å². The Morgan fingerprint density at radius 3 is 2.52 bits per heavy atom. The number of rotatable bonds is 4. The molecule has 0 amide bonds. The van der Waals surface area contributed by atoms with Gasteiger partial charge < -0.3 is 9.64 Å². The second-order valence-electron chi connectivity index (χ2n) is 6.61. The van der Waals surface area contributed by atoms with Crippen molar-refractivity contribution in [3.63, 3.8) is 0 Å². The van der Waals surface area contributed by atoms with Gasteiger partial charge in [0, 0.05) is 15.9 Å². The van der Waals surface area contributed by atoms with Gasteiger partial charge in [-0.15, -0.1) is 0 Å². The van der Waals surface area contributed by atoms with Gasteiger partial charge >= 0.3 is 0 Å². The van der Waals surface area contributed by atoms with E-state index in [-0.39, 0.29) is 23.6 Å². The number of sulfone groups is 1. The van der Waals surface area contributed by atoms with Gasteiger partial charge in [-0.2, -0.15) is 0 Å². The zero-order valence-corrected chi connectivity index (χ0v) is 17.9. The lowest BCUT2D eigenvalue weighted by Gasteiger charge is -2.26. The number of benzene rings is 2. The number of anilines is 1. The molecule has 1 saturated heterocycles. The number of nitrogens with zero attached hydrogens (tertiary/aromatic N) is 2. The molecule has 8 heteroatoms. The van der Waals surface area contributed by atoms with Crippen LogP contribution in [0.15, 0.2) is 58.0 Å². The second kappa shape index (κ2) is 7.48. The molecule has 2 heterocycles. The average Bonchev–Trinajstić information content (AvgIpc) is 3.12. The number of hydrogen-bond donors (Lipinski definition) is 0. The Kier molecular flexibility index (Phi) is 5.22. The smallest absolute Gasteiger partial charge is 0.164 e. The van der Waals surface area contributed by atoms with Crippen LogP contribution in [0, 0.1) is 0 Å². The molecule has 4 rings (SSSR count). The third-order valence-corrected chi connectivity index (χ3v) is 8.00. The molecule has 0 radical (unpaired) electrons. The van der Waals surface area contributed by atoms with Gasteiger partial charge in [0.25, 0.3) is 0 Å². The van der Waals surface area contributed by atoms with Gasteiger partial charge in [-0.3, -0.25) is 4.99 Å². The zero-order valence-electron chi connectivity index (χ0n) is 14.7. The van der Waals surface area contributed by atoms with E-state index in [1.165, 1.54) is 5.56 Å². The van der Waals surface area contributed by atoms with Gasteiger partial charge in [-0.05, 0) is 42.0 Å². The highest BCUT2D eigenvalue weighted by Crippen LogP contribution is 2.36. The molecule has 27 heavy (non-hydrogen) atoms. The monoisotopic (exact) mass is 466 g/mol. The lowest BCUT2D eigenvalue weighted by atomic mass is 10.1. The van der Waals surface area contributed by atoms with Crippen molar-refractivity contribution in [1.82, 2.24) is 0 Å². The van der Waals surface area contributed by atoms with Crippen LogP contribution in [0.2, 0.25) is 0 Å². The highest BCUT2D eigenvalue weighted by Gasteiger charge is 2.47. The summed E-state index contributed by atoms with van der Waals surface area (Å²) >= 11 is 5.10. The summed E-state index contributed by atoms with van der Waals surface area (Å²) in [5, 5.41) is 0.887. The number of hydrogen-bond acceptors (Lipinski definition) is 6. The summed E-state index contributed by atoms with van der Waals surface area (Å²) in [4.78, 5) is 6.86. The van der Waals surface area contributed by atoms with Crippen molar-refractivity contribution < 1.29 is 13.2 Å². The zero-order chi connectivity index (χ0) is 19.0. The second-order valence-corrected chi connectivity index (χ2v) is 10.6. The molecule has 0 aromatic heterocycles. The largest absolute Gasteiger partial charge is 0.497 e. The number of halogens is 1. The predicted molar refractivity (Wildman–Crippen MR) is 115 cm³/mol. The molecule has 0 saturated carbocycles. The molecule has 0 aliphatic carbocycles. The minimum atomic E-state index is -3.03. The van der Waals surface area contributed by atoms with Crippen LogP contribution in [0.4, 0.5) is 5.69 Å². The van der Waals surface area contributed by atoms with Crippen molar-refractivity contribution in [3.05, 3.63) is 58.6 Å². The summed E-state index contributed by atoms with van der Waals surface area (Å²) in [6, 6.07) is 15.6. The van der Waals surface area contributed by atoms with E-state index >= 15 is 0 Å². The van der Waals surface area contributed by atoms with Crippen LogP contribution in [0.5, 0.6) is 5.75 Å². The van der Waals surface area contributed by atoms with E-state index in [4.69, 9.17) is 9.73 Å². The molecule has 1 fully saturated rings. The van der Waals surface area contributed by atoms with Crippen LogP contribution in [0.1, 0.15) is 5.56 Å². The van der Waals surface area contributed by atoms with E-state index in [2.05, 4.69) is 20.8 Å². The van der Waals surface area contributed by atoms with Crippen molar-refractivity contribution in [2.24, 2.45) is 4.99 Å². The molecule has 0 bridgehead atoms. The number of aliphatic imine (C=N–C) groups is 1. The molecule has 0 N–H and O–H groups in total. The van der Waals surface area contributed by atoms with Gasteiger partial charge in [0.1, 0.15) is 5.75 Å². The number of amidine groups is 1. The summed E-state index contributed by atoms with van der Waals surface area (Å²) in [5.41, 5.74) is 2.15. The summed E-state index contributed by atoms with van der Waals surface area (Å²) < 4.78 is 30.4. The quantitative estimate of drug-likeness (QED) is 0.686. The average molecular weight is 467 g/mol. The summed E-state index contributed by atoms with van der Waals surface area (Å²) in [5.74, 6) is 1.89. The number of methoxy groups -OCH3 is 1. The van der Waals surface area contributed by atoms with Crippen LogP contribution in [-0.4, -0.2) is 44.3 Å². The molecule has 2 atom stereocenters. The minimum absolute atomic E-state index is 0.116. The van der Waals surface area contributed by atoms with Gasteiger partial charge in [0.2, 0.25) is 0 Å². The van der Waals surface area contributed by atoms with Crippen LogP contribution < -0.4 is 9.64 Å². The Hall–Kier alpha value is -1.51. The Labute approximate surface area is 171 Å². The van der Waals surface area contributed by atoms with Crippen molar-refractivity contribution in [3.8, 4) is 5.75 Å². The number of fused-ring (bicyclic) bond motifs is 1. The fourth-order valence-electron chi connectivity index (χ4n) is 3.41. The SMILES string of the molecule is COc1ccc(CSC2=NC3CS(=O)(=O)CC3N2c2ccc(Br)cc2)cc1. The van der Waals surface area contributed by atoms with Crippen LogP contribution in [-0.2, 0) is 15.6 Å². The van der Waals surface area contributed by atoms with Crippen LogP contribution >= 0.6 is 27.7 Å². The fourth-order valence-corrected chi connectivity index (χ4v) is 6.59. The number of ether oxygens (including phenoxy) is 1. The molecular weight excluding hydrogens is 448 g/mol. The molecule has 142 valence electrons. The van der Waals surface area contributed by atoms with E-state index in [0.717, 1.165) is 26.8 Å². The lowest BCUT2D eigenvalue weighted by molar-refractivity contribution is 0.414. The normalized spacial score (nSPS) is 23.2. The van der Waals surface area contributed by atoms with Gasteiger partial charge in [-0.1, -0.05) is 39.8 Å². The van der Waals surface area contributed by atoms with E-state index in [1.54, 1.807) is 18.9 Å². The summed E-state index contributed by atoms with van der Waals surface area (Å²) in [6.45, 7) is 0. The maximum absolute atomic E-state index is 12.1. The topological polar surface area (TPSA) is 59.0 Å². The fraction of sp³-hybridized carbons (Fsp3) is 0.316. The first kappa shape index (κ1) is 18.8. The van der Waals surface area contributed by atoms with Gasteiger partial charge in [-0.25, -0.2) is 8.42 Å². The van der Waals surface area contributed by atoms with Crippen molar-refractivity contribution in [2.45, 2.75) is 17.8 Å². The van der Waals surface area contributed by atoms with E-state index in [0.29, 0.717) is 0 Å². The first-order chi connectivity index (χ1) is 12.9. The highest BCUT2D eigenvalue weighted by molar-refractivity contribution is 9.10. The van der Waals surface area contributed by atoms with Crippen molar-refractivity contribution >= 4 is 48.4 Å². The summed E-state index contributed by atoms with van der Waals surface area (Å²) in [7, 11) is -1.38. The molecule has 2 aromatic carbocycles. The molecule has 2 aromatic rings. The predicted octanol–water partition coefficient (Wildman–Crippen LogP) is 3.73. The van der Waals surface area contributed by atoms with Crippen molar-refractivity contribution in [2.75, 3.05) is 23.5 Å². The molecule has 5 nitrogen and oxygen atoms in total. The first-order valence-corrected chi connectivity index (χ1v) is 12.1. The highest BCUT2D eigenvalue weighted by atomic mass is 79.9. The lowest BCUT2D eigenvalue weighted by Crippen LogP contribution is -2.39. The van der Waals surface area contributed by atoms with E-state index in [1.807, 2.05) is 48.5 Å². The van der Waals surface area contributed by atoms with E-state index < -0.39 is 9.84 Å². The molecular formula is C19H19BrN2O3S2. The van der Waals surface area contributed by atoms with Crippen molar-refractivity contribution in [1.29, 1.82) is 0 Å². The van der Waals surface area contributed by atoms with Crippen LogP contribution in [0.3, 0.4) is 0 Å². The first-order valence-electron chi connectivity index (χ1n) is 8.54. The molecule has 2 aliphatic rings. The van der Waals surface area contributed by atoms with Crippen LogP contribution in [0.25, 0.3) is 0 Å². The van der Waals surface area contributed by atoms with E-state index in [9.17, 15) is 8.42 Å². The molecule has 2 aliphatic heterocycles. The Bertz CT molecular complexity index is 959. The Balaban J connectivity index is 1.57. The third kappa shape index (κ3) is 4.02. The maximum Gasteiger partial charge on any atom is 0.164 e. The maximum atomic E-state index is 12.1. The minimum Gasteiger partial charge on any atom is -0.497 e. The standard InChI is InChI=1S/C19H19BrN2O3S2/c1-25-16-8-2-13(3-9-16)10-26-19-21-17-11-27(23,24)12-18(17)22(19)15-6-4-14(20)5-7-15/h2-9,17-18H,10-12H2,1H3. The Morgan fingerprint density at radius 1 is 1.15 bits per heavy atom. The third-order valence-electron chi connectivity index (χ3n) is 4.74. The molecule has 2 unspecified atom stereocenters.